The molecular formula is C29H34FN3O5S. The molecule has 10 heteroatoms. The van der Waals surface area contributed by atoms with Gasteiger partial charge in [-0.25, -0.2) is 9.37 Å². The zero-order valence-electron chi connectivity index (χ0n) is 22.2. The van der Waals surface area contributed by atoms with E-state index in [-0.39, 0.29) is 22.5 Å². The number of aromatic nitrogens is 2. The maximum absolute atomic E-state index is 13.4. The lowest BCUT2D eigenvalue weighted by molar-refractivity contribution is -0.171. The molecule has 0 bridgehead atoms. The van der Waals surface area contributed by atoms with E-state index in [9.17, 15) is 22.4 Å². The van der Waals surface area contributed by atoms with Crippen molar-refractivity contribution in [3.05, 3.63) is 78.0 Å². The molecule has 0 amide bonds. The number of carbonyl (C=O) groups is 2. The van der Waals surface area contributed by atoms with Crippen LogP contribution in [0.2, 0.25) is 0 Å². The summed E-state index contributed by atoms with van der Waals surface area (Å²) in [6, 6.07) is 13.3. The summed E-state index contributed by atoms with van der Waals surface area (Å²) >= 11 is 0. The summed E-state index contributed by atoms with van der Waals surface area (Å²) in [5, 5.41) is -0.0694. The molecular weight excluding hydrogens is 521 g/mol. The summed E-state index contributed by atoms with van der Waals surface area (Å²) in [5.41, 5.74) is 2.23. The fraction of sp³-hybridized carbons (Fsp3) is 0.414. The first-order valence-electron chi connectivity index (χ1n) is 13.2. The van der Waals surface area contributed by atoms with Gasteiger partial charge in [0.1, 0.15) is 17.8 Å². The van der Waals surface area contributed by atoms with Crippen LogP contribution in [0.3, 0.4) is 0 Å². The van der Waals surface area contributed by atoms with Gasteiger partial charge in [-0.3, -0.25) is 14.3 Å². The van der Waals surface area contributed by atoms with Gasteiger partial charge >= 0.3 is 5.97 Å². The molecule has 1 aromatic heterocycles. The van der Waals surface area contributed by atoms with Crippen LogP contribution in [0.5, 0.6) is 0 Å². The van der Waals surface area contributed by atoms with E-state index >= 15 is 0 Å². The molecule has 0 spiro atoms. The highest BCUT2D eigenvalue weighted by molar-refractivity contribution is 7.92. The Kier molecular flexibility index (Phi) is 9.16. The van der Waals surface area contributed by atoms with Crippen LogP contribution in [0.25, 0.3) is 0 Å². The van der Waals surface area contributed by atoms with Crippen molar-refractivity contribution in [1.29, 1.82) is 0 Å². The van der Waals surface area contributed by atoms with Crippen molar-refractivity contribution in [3.63, 3.8) is 0 Å². The highest BCUT2D eigenvalue weighted by Gasteiger charge is 2.43. The third-order valence-corrected chi connectivity index (χ3v) is 8.30. The second-order valence-electron chi connectivity index (χ2n) is 10.1. The van der Waals surface area contributed by atoms with E-state index in [4.69, 9.17) is 4.74 Å². The zero-order chi connectivity index (χ0) is 28.0. The van der Waals surface area contributed by atoms with Gasteiger partial charge in [-0.15, -0.1) is 0 Å². The summed E-state index contributed by atoms with van der Waals surface area (Å²) in [6.07, 6.45) is 6.44. The maximum Gasteiger partial charge on any atom is 0.316 e. The number of rotatable bonds is 12. The van der Waals surface area contributed by atoms with Crippen LogP contribution >= 0.6 is 0 Å². The predicted molar refractivity (Wildman–Crippen MR) is 145 cm³/mol. The van der Waals surface area contributed by atoms with Gasteiger partial charge in [0.05, 0.1) is 12.2 Å². The Bertz CT molecular complexity index is 1400. The number of nitrogens with one attached hydrogen (secondary N) is 1. The number of carbonyl (C=O) groups excluding carboxylic acids is 2. The standard InChI is InChI=1S/C29H34FN3O5S/c1-3-6-26-24(16-13-20-11-14-22(30)15-12-20)28(34)25(29(35)38-26)10-5-8-21-7-4-9-23(17-21)32-39(36,37)27-18-33(2)19-31-27/h4,7,9,11-12,14-15,17-19,24-26,32H,3,5-6,8,10,13,16H2,1-2H3/t24?,25?,26-/m0/s1. The molecule has 208 valence electrons. The van der Waals surface area contributed by atoms with Gasteiger partial charge in [0.15, 0.2) is 10.8 Å². The van der Waals surface area contributed by atoms with Gasteiger partial charge in [-0.2, -0.15) is 8.42 Å². The highest BCUT2D eigenvalue weighted by atomic mass is 32.2. The molecule has 3 atom stereocenters. The third-order valence-electron chi connectivity index (χ3n) is 7.03. The lowest BCUT2D eigenvalue weighted by Gasteiger charge is -2.34. The minimum Gasteiger partial charge on any atom is -0.461 e. The zero-order valence-corrected chi connectivity index (χ0v) is 23.0. The number of imidazole rings is 1. The normalized spacial score (nSPS) is 19.6. The molecule has 1 aliphatic rings. The number of aryl methyl sites for hydroxylation is 3. The first kappa shape index (κ1) is 28.5. The van der Waals surface area contributed by atoms with Gasteiger partial charge in [-0.1, -0.05) is 37.6 Å². The van der Waals surface area contributed by atoms with E-state index in [1.807, 2.05) is 13.0 Å². The number of cyclic esters (lactones) is 1. The second-order valence-corrected chi connectivity index (χ2v) is 11.7. The Morgan fingerprint density at radius 2 is 1.79 bits per heavy atom. The van der Waals surface area contributed by atoms with Crippen molar-refractivity contribution in [2.45, 2.75) is 63.0 Å². The first-order chi connectivity index (χ1) is 18.7. The summed E-state index contributed by atoms with van der Waals surface area (Å²) in [6.45, 7) is 1.99. The molecule has 39 heavy (non-hydrogen) atoms. The monoisotopic (exact) mass is 555 g/mol. The number of ether oxygens (including phenoxy) is 1. The topological polar surface area (TPSA) is 107 Å². The SMILES string of the molecule is CCC[C@@H]1OC(=O)C(CCCc2cccc(NS(=O)(=O)c3cn(C)cn3)c2)C(=O)C1CCc1ccc(F)cc1. The number of ketones is 1. The van der Waals surface area contributed by atoms with Crippen molar-refractivity contribution in [2.24, 2.45) is 18.9 Å². The molecule has 8 nitrogen and oxygen atoms in total. The molecule has 0 aliphatic carbocycles. The van der Waals surface area contributed by atoms with Gasteiger partial charge in [0.25, 0.3) is 10.0 Å². The largest absolute Gasteiger partial charge is 0.461 e. The summed E-state index contributed by atoms with van der Waals surface area (Å²) < 4.78 is 48.3. The van der Waals surface area contributed by atoms with Gasteiger partial charge in [0, 0.05) is 18.9 Å². The van der Waals surface area contributed by atoms with Crippen molar-refractivity contribution >= 4 is 27.5 Å². The molecule has 1 N–H and O–H groups in total. The predicted octanol–water partition coefficient (Wildman–Crippen LogP) is 4.84. The minimum atomic E-state index is -3.81. The number of hydrogen-bond acceptors (Lipinski definition) is 6. The summed E-state index contributed by atoms with van der Waals surface area (Å²) in [7, 11) is -2.12. The molecule has 3 aromatic rings. The maximum atomic E-state index is 13.4. The van der Waals surface area contributed by atoms with Gasteiger partial charge < -0.3 is 9.30 Å². The lowest BCUT2D eigenvalue weighted by Crippen LogP contribution is -2.46. The quantitative estimate of drug-likeness (QED) is 0.253. The Balaban J connectivity index is 1.36. The number of benzene rings is 2. The number of sulfonamides is 1. The summed E-state index contributed by atoms with van der Waals surface area (Å²) in [4.78, 5) is 30.1. The fourth-order valence-electron chi connectivity index (χ4n) is 5.01. The van der Waals surface area contributed by atoms with Crippen molar-refractivity contribution in [3.8, 4) is 0 Å². The van der Waals surface area contributed by atoms with E-state index in [1.54, 1.807) is 41.9 Å². The minimum absolute atomic E-state index is 0.0694. The third kappa shape index (κ3) is 7.32. The second kappa shape index (κ2) is 12.5. The highest BCUT2D eigenvalue weighted by Crippen LogP contribution is 2.32. The van der Waals surface area contributed by atoms with E-state index in [0.717, 1.165) is 17.5 Å². The summed E-state index contributed by atoms with van der Waals surface area (Å²) in [5.74, 6) is -2.05. The van der Waals surface area contributed by atoms with E-state index in [1.165, 1.54) is 24.7 Å². The van der Waals surface area contributed by atoms with Crippen LogP contribution in [-0.2, 0) is 44.2 Å². The Morgan fingerprint density at radius 3 is 2.49 bits per heavy atom. The average molecular weight is 556 g/mol. The van der Waals surface area contributed by atoms with Crippen molar-refractivity contribution < 1.29 is 27.1 Å². The van der Waals surface area contributed by atoms with E-state index in [2.05, 4.69) is 9.71 Å². The first-order valence-corrected chi connectivity index (χ1v) is 14.7. The van der Waals surface area contributed by atoms with E-state index in [0.29, 0.717) is 44.2 Å². The molecule has 1 fully saturated rings. The number of nitrogens with zero attached hydrogens (tertiary/aromatic N) is 2. The van der Waals surface area contributed by atoms with Crippen LogP contribution in [0.15, 0.2) is 66.1 Å². The fourth-order valence-corrected chi connectivity index (χ4v) is 6.05. The number of hydrogen-bond donors (Lipinski definition) is 1. The molecule has 1 aliphatic heterocycles. The Morgan fingerprint density at radius 1 is 1.03 bits per heavy atom. The Hall–Kier alpha value is -3.53. The molecule has 1 saturated heterocycles. The molecule has 4 rings (SSSR count). The van der Waals surface area contributed by atoms with Gasteiger partial charge in [-0.05, 0) is 73.9 Å². The van der Waals surface area contributed by atoms with Crippen molar-refractivity contribution in [1.82, 2.24) is 9.55 Å². The molecule has 2 heterocycles. The molecule has 2 aromatic carbocycles. The van der Waals surface area contributed by atoms with Crippen LogP contribution < -0.4 is 4.72 Å². The molecule has 0 saturated carbocycles. The van der Waals surface area contributed by atoms with E-state index < -0.39 is 28.0 Å². The lowest BCUT2D eigenvalue weighted by atomic mass is 9.79. The van der Waals surface area contributed by atoms with Crippen LogP contribution in [0.1, 0.15) is 50.2 Å². The molecule has 0 radical (unpaired) electrons. The van der Waals surface area contributed by atoms with Crippen molar-refractivity contribution in [2.75, 3.05) is 4.72 Å². The van der Waals surface area contributed by atoms with Crippen LogP contribution in [-0.4, -0.2) is 35.8 Å². The van der Waals surface area contributed by atoms with Gasteiger partial charge in [0.2, 0.25) is 0 Å². The van der Waals surface area contributed by atoms with Crippen LogP contribution in [0.4, 0.5) is 10.1 Å². The smallest absolute Gasteiger partial charge is 0.316 e. The average Bonchev–Trinajstić information content (AvgIpc) is 3.34. The number of esters is 1. The van der Waals surface area contributed by atoms with Crippen LogP contribution in [0, 0.1) is 17.7 Å². The Labute approximate surface area is 228 Å². The molecule has 2 unspecified atom stereocenters. The number of anilines is 1. The number of Topliss-reactive ketones (excluding diaryl/α,β-unsaturated/α-hetero) is 1. The number of halogens is 1.